The molecule has 184 valence electrons. The minimum atomic E-state index is -3.83. The average Bonchev–Trinajstić information content (AvgIpc) is 3.14. The molecule has 0 bridgehead atoms. The van der Waals surface area contributed by atoms with Crippen LogP contribution in [0.25, 0.3) is 0 Å². The molecule has 1 aromatic rings. The summed E-state index contributed by atoms with van der Waals surface area (Å²) in [5, 5.41) is 0.798. The van der Waals surface area contributed by atoms with E-state index < -0.39 is 43.8 Å². The van der Waals surface area contributed by atoms with Gasteiger partial charge in [0, 0.05) is 37.4 Å². The lowest BCUT2D eigenvalue weighted by molar-refractivity contribution is -0.145. The minimum absolute atomic E-state index is 0.0120. The van der Waals surface area contributed by atoms with Crippen molar-refractivity contribution in [3.05, 3.63) is 41.8 Å². The molecule has 1 heterocycles. The quantitative estimate of drug-likeness (QED) is 0.462. The van der Waals surface area contributed by atoms with Gasteiger partial charge in [-0.2, -0.15) is 4.31 Å². The molecule has 2 aliphatic rings. The average molecular weight is 507 g/mol. The van der Waals surface area contributed by atoms with Crippen LogP contribution >= 0.6 is 0 Å². The SMILES string of the molecule is C=CS(=O)(=O)NC[C@H]1CCN(S(=O)(=O)c2ccc(C(CC3CC3(F)F)C(=O)OCC)cc2)C1. The van der Waals surface area contributed by atoms with E-state index in [2.05, 4.69) is 11.3 Å². The molecule has 0 amide bonds. The second-order valence-electron chi connectivity index (χ2n) is 8.35. The Hall–Kier alpha value is -1.89. The van der Waals surface area contributed by atoms with Gasteiger partial charge in [0.1, 0.15) is 0 Å². The largest absolute Gasteiger partial charge is 0.466 e. The van der Waals surface area contributed by atoms with Crippen LogP contribution in [0.2, 0.25) is 0 Å². The zero-order valence-corrected chi connectivity index (χ0v) is 19.9. The van der Waals surface area contributed by atoms with E-state index in [0.717, 1.165) is 5.41 Å². The van der Waals surface area contributed by atoms with Gasteiger partial charge in [0.05, 0.1) is 17.4 Å². The molecule has 0 aromatic heterocycles. The summed E-state index contributed by atoms with van der Waals surface area (Å²) in [7, 11) is -7.42. The number of halogens is 2. The van der Waals surface area contributed by atoms with Crippen molar-refractivity contribution in [2.45, 2.75) is 42.9 Å². The molecule has 33 heavy (non-hydrogen) atoms. The van der Waals surface area contributed by atoms with E-state index in [4.69, 9.17) is 4.74 Å². The van der Waals surface area contributed by atoms with Crippen LogP contribution in [0.3, 0.4) is 0 Å². The third-order valence-corrected chi connectivity index (χ3v) is 8.90. The highest BCUT2D eigenvalue weighted by Crippen LogP contribution is 2.53. The molecular weight excluding hydrogens is 478 g/mol. The Morgan fingerprint density at radius 1 is 1.30 bits per heavy atom. The highest BCUT2D eigenvalue weighted by molar-refractivity contribution is 7.92. The number of ether oxygens (including phenoxy) is 1. The number of sulfonamides is 2. The molecule has 2 fully saturated rings. The van der Waals surface area contributed by atoms with E-state index >= 15 is 0 Å². The van der Waals surface area contributed by atoms with Crippen LogP contribution in [-0.2, 0) is 29.6 Å². The van der Waals surface area contributed by atoms with E-state index in [1.54, 1.807) is 6.92 Å². The monoisotopic (exact) mass is 506 g/mol. The van der Waals surface area contributed by atoms with Crippen molar-refractivity contribution in [1.82, 2.24) is 9.03 Å². The number of hydrogen-bond donors (Lipinski definition) is 1. The Morgan fingerprint density at radius 2 is 1.94 bits per heavy atom. The molecule has 1 saturated carbocycles. The molecule has 2 unspecified atom stereocenters. The van der Waals surface area contributed by atoms with E-state index in [1.165, 1.54) is 28.6 Å². The minimum Gasteiger partial charge on any atom is -0.466 e. The first-order valence-corrected chi connectivity index (χ1v) is 13.6. The fourth-order valence-corrected chi connectivity index (χ4v) is 6.03. The highest BCUT2D eigenvalue weighted by Gasteiger charge is 2.57. The lowest BCUT2D eigenvalue weighted by Crippen LogP contribution is -2.32. The third-order valence-electron chi connectivity index (χ3n) is 6.01. The van der Waals surface area contributed by atoms with Crippen LogP contribution in [0.4, 0.5) is 8.78 Å². The Bertz CT molecular complexity index is 1090. The first-order chi connectivity index (χ1) is 15.4. The van der Waals surface area contributed by atoms with Crippen molar-refractivity contribution < 1.29 is 35.1 Å². The number of rotatable bonds is 11. The summed E-state index contributed by atoms with van der Waals surface area (Å²) < 4.78 is 84.5. The highest BCUT2D eigenvalue weighted by atomic mass is 32.2. The fraction of sp³-hybridized carbons (Fsp3) is 0.571. The van der Waals surface area contributed by atoms with Crippen molar-refractivity contribution in [3.63, 3.8) is 0 Å². The molecule has 12 heteroatoms. The van der Waals surface area contributed by atoms with Crippen molar-refractivity contribution >= 4 is 26.0 Å². The van der Waals surface area contributed by atoms with E-state index in [0.29, 0.717) is 12.0 Å². The normalized spacial score (nSPS) is 23.7. The molecule has 8 nitrogen and oxygen atoms in total. The van der Waals surface area contributed by atoms with E-state index in [1.807, 2.05) is 0 Å². The van der Waals surface area contributed by atoms with Gasteiger partial charge in [-0.15, -0.1) is 0 Å². The molecule has 1 aromatic carbocycles. The number of carbonyl (C=O) groups is 1. The summed E-state index contributed by atoms with van der Waals surface area (Å²) in [4.78, 5) is 12.4. The molecule has 1 N–H and O–H groups in total. The van der Waals surface area contributed by atoms with Gasteiger partial charge in [-0.1, -0.05) is 18.7 Å². The summed E-state index contributed by atoms with van der Waals surface area (Å²) in [6, 6.07) is 5.63. The summed E-state index contributed by atoms with van der Waals surface area (Å²) >= 11 is 0. The Kier molecular flexibility index (Phi) is 7.62. The summed E-state index contributed by atoms with van der Waals surface area (Å²) in [6.07, 6.45) is 0.165. The number of esters is 1. The second-order valence-corrected chi connectivity index (χ2v) is 12.0. The number of alkyl halides is 2. The summed E-state index contributed by atoms with van der Waals surface area (Å²) in [5.41, 5.74) is 0.424. The first kappa shape index (κ1) is 25.7. The summed E-state index contributed by atoms with van der Waals surface area (Å²) in [5.74, 6) is -5.35. The zero-order chi connectivity index (χ0) is 24.4. The zero-order valence-electron chi connectivity index (χ0n) is 18.2. The molecule has 0 radical (unpaired) electrons. The number of nitrogens with zero attached hydrogens (tertiary/aromatic N) is 1. The Balaban J connectivity index is 1.69. The van der Waals surface area contributed by atoms with E-state index in [9.17, 15) is 30.4 Å². The van der Waals surface area contributed by atoms with Crippen molar-refractivity contribution in [2.75, 3.05) is 26.2 Å². The second kappa shape index (κ2) is 9.77. The van der Waals surface area contributed by atoms with Crippen LogP contribution in [0, 0.1) is 11.8 Å². The van der Waals surface area contributed by atoms with Gasteiger partial charge in [-0.25, -0.2) is 30.3 Å². The Labute approximate surface area is 193 Å². The van der Waals surface area contributed by atoms with Gasteiger partial charge in [0.2, 0.25) is 20.0 Å². The molecule has 3 atom stereocenters. The molecule has 1 saturated heterocycles. The molecule has 3 rings (SSSR count). The van der Waals surface area contributed by atoms with Crippen LogP contribution in [0.15, 0.2) is 41.1 Å². The number of hydrogen-bond acceptors (Lipinski definition) is 6. The van der Waals surface area contributed by atoms with Gasteiger partial charge in [0.25, 0.3) is 5.92 Å². The van der Waals surface area contributed by atoms with E-state index in [-0.39, 0.29) is 49.9 Å². The van der Waals surface area contributed by atoms with Gasteiger partial charge >= 0.3 is 5.97 Å². The van der Waals surface area contributed by atoms with Crippen molar-refractivity contribution in [2.24, 2.45) is 11.8 Å². The van der Waals surface area contributed by atoms with Crippen LogP contribution < -0.4 is 4.72 Å². The predicted molar refractivity (Wildman–Crippen MR) is 117 cm³/mol. The smallest absolute Gasteiger partial charge is 0.313 e. The fourth-order valence-electron chi connectivity index (χ4n) is 3.92. The van der Waals surface area contributed by atoms with Crippen LogP contribution in [0.5, 0.6) is 0 Å². The maximum Gasteiger partial charge on any atom is 0.313 e. The molecular formula is C21H28F2N2O6S2. The van der Waals surface area contributed by atoms with Gasteiger partial charge in [0.15, 0.2) is 0 Å². The van der Waals surface area contributed by atoms with Gasteiger partial charge in [-0.05, 0) is 43.4 Å². The third kappa shape index (κ3) is 6.17. The number of nitrogens with one attached hydrogen (secondary N) is 1. The van der Waals surface area contributed by atoms with Gasteiger partial charge < -0.3 is 4.74 Å². The molecule has 1 aliphatic heterocycles. The first-order valence-electron chi connectivity index (χ1n) is 10.7. The Morgan fingerprint density at radius 3 is 2.48 bits per heavy atom. The standard InChI is InChI=1S/C21H28F2N2O6S2/c1-3-31-20(26)19(11-17-12-21(17,22)23)16-5-7-18(8-6-16)33(29,30)25-10-9-15(14-25)13-24-32(27,28)4-2/h4-8,15,17,19,24H,2-3,9-14H2,1H3/t15-,17?,19?/m1/s1. The maximum atomic E-state index is 13.4. The lowest BCUT2D eigenvalue weighted by atomic mass is 9.93. The lowest BCUT2D eigenvalue weighted by Gasteiger charge is -2.19. The molecule has 0 spiro atoms. The summed E-state index contributed by atoms with van der Waals surface area (Å²) in [6.45, 7) is 5.46. The molecule has 1 aliphatic carbocycles. The number of benzene rings is 1. The van der Waals surface area contributed by atoms with Gasteiger partial charge in [-0.3, -0.25) is 4.79 Å². The maximum absolute atomic E-state index is 13.4. The number of carbonyl (C=O) groups excluding carboxylic acids is 1. The predicted octanol–water partition coefficient (Wildman–Crippen LogP) is 2.45. The topological polar surface area (TPSA) is 110 Å². The van der Waals surface area contributed by atoms with Crippen LogP contribution in [-0.4, -0.2) is 59.3 Å². The van der Waals surface area contributed by atoms with Crippen LogP contribution in [0.1, 0.15) is 37.7 Å². The van der Waals surface area contributed by atoms with Crippen molar-refractivity contribution in [3.8, 4) is 0 Å². The van der Waals surface area contributed by atoms with Crippen molar-refractivity contribution in [1.29, 1.82) is 0 Å².